The van der Waals surface area contributed by atoms with Crippen molar-refractivity contribution in [3.05, 3.63) is 40.3 Å². The second-order valence-electron chi connectivity index (χ2n) is 3.33. The normalized spacial score (nSPS) is 10.0. The standard InChI is InChI=1S/C11H8N2O4S/c14-9-6(11(16)17)2-1-3-7(9)13-10(15)8-4-18-5-12-8/h1-5,14H,(H,13,15)(H,16,17). The van der Waals surface area contributed by atoms with Crippen molar-refractivity contribution in [1.29, 1.82) is 0 Å². The van der Waals surface area contributed by atoms with Gasteiger partial charge < -0.3 is 15.5 Å². The monoisotopic (exact) mass is 264 g/mol. The number of anilines is 1. The summed E-state index contributed by atoms with van der Waals surface area (Å²) in [6.45, 7) is 0. The summed E-state index contributed by atoms with van der Waals surface area (Å²) in [4.78, 5) is 26.3. The number of nitrogens with zero attached hydrogens (tertiary/aromatic N) is 1. The third-order valence-corrected chi connectivity index (χ3v) is 2.77. The number of thiazole rings is 1. The molecule has 0 aliphatic rings. The minimum Gasteiger partial charge on any atom is -0.505 e. The van der Waals surface area contributed by atoms with E-state index in [9.17, 15) is 14.7 Å². The van der Waals surface area contributed by atoms with Crippen molar-refractivity contribution in [3.8, 4) is 5.75 Å². The van der Waals surface area contributed by atoms with Crippen LogP contribution < -0.4 is 5.32 Å². The molecule has 1 heterocycles. The van der Waals surface area contributed by atoms with Gasteiger partial charge in [0.15, 0.2) is 5.75 Å². The molecule has 18 heavy (non-hydrogen) atoms. The third-order valence-electron chi connectivity index (χ3n) is 2.18. The van der Waals surface area contributed by atoms with Crippen molar-refractivity contribution in [2.75, 3.05) is 5.32 Å². The van der Waals surface area contributed by atoms with Gasteiger partial charge in [0.1, 0.15) is 11.3 Å². The summed E-state index contributed by atoms with van der Waals surface area (Å²) < 4.78 is 0. The Morgan fingerprint density at radius 2 is 2.11 bits per heavy atom. The third kappa shape index (κ3) is 2.30. The predicted octanol–water partition coefficient (Wildman–Crippen LogP) is 1.80. The van der Waals surface area contributed by atoms with Crippen LogP contribution in [0.2, 0.25) is 0 Å². The quantitative estimate of drug-likeness (QED) is 0.734. The van der Waals surface area contributed by atoms with Gasteiger partial charge in [0, 0.05) is 5.38 Å². The van der Waals surface area contributed by atoms with E-state index in [1.165, 1.54) is 35.0 Å². The number of amides is 1. The van der Waals surface area contributed by atoms with E-state index in [1.54, 1.807) is 5.38 Å². The zero-order valence-corrected chi connectivity index (χ0v) is 9.77. The fraction of sp³-hybridized carbons (Fsp3) is 0. The average molecular weight is 264 g/mol. The molecule has 92 valence electrons. The lowest BCUT2D eigenvalue weighted by Gasteiger charge is -2.07. The molecule has 0 saturated heterocycles. The van der Waals surface area contributed by atoms with Crippen LogP contribution in [0.5, 0.6) is 5.75 Å². The minimum absolute atomic E-state index is 0.0351. The average Bonchev–Trinajstić information content (AvgIpc) is 2.85. The zero-order valence-electron chi connectivity index (χ0n) is 8.95. The van der Waals surface area contributed by atoms with Crippen LogP contribution >= 0.6 is 11.3 Å². The van der Waals surface area contributed by atoms with Crippen LogP contribution in [-0.2, 0) is 0 Å². The highest BCUT2D eigenvalue weighted by molar-refractivity contribution is 7.07. The number of carbonyl (C=O) groups excluding carboxylic acids is 1. The molecule has 0 spiro atoms. The number of benzene rings is 1. The smallest absolute Gasteiger partial charge is 0.339 e. The Hall–Kier alpha value is -2.41. The van der Waals surface area contributed by atoms with Gasteiger partial charge in [-0.25, -0.2) is 9.78 Å². The molecule has 0 unspecified atom stereocenters. The van der Waals surface area contributed by atoms with Crippen molar-refractivity contribution in [1.82, 2.24) is 4.98 Å². The van der Waals surface area contributed by atoms with E-state index >= 15 is 0 Å². The van der Waals surface area contributed by atoms with Crippen molar-refractivity contribution in [2.45, 2.75) is 0 Å². The highest BCUT2D eigenvalue weighted by Crippen LogP contribution is 2.27. The number of para-hydroxylation sites is 1. The Morgan fingerprint density at radius 3 is 2.72 bits per heavy atom. The number of aromatic nitrogens is 1. The fourth-order valence-corrected chi connectivity index (χ4v) is 1.86. The molecule has 0 aliphatic carbocycles. The van der Waals surface area contributed by atoms with Crippen molar-refractivity contribution in [3.63, 3.8) is 0 Å². The molecule has 7 heteroatoms. The van der Waals surface area contributed by atoms with Crippen LogP contribution in [-0.4, -0.2) is 27.1 Å². The van der Waals surface area contributed by atoms with Crippen LogP contribution in [0.15, 0.2) is 29.1 Å². The summed E-state index contributed by atoms with van der Waals surface area (Å²) >= 11 is 1.26. The first-order valence-electron chi connectivity index (χ1n) is 4.84. The summed E-state index contributed by atoms with van der Waals surface area (Å²) in [7, 11) is 0. The van der Waals surface area contributed by atoms with Crippen LogP contribution in [0.4, 0.5) is 5.69 Å². The summed E-state index contributed by atoms with van der Waals surface area (Å²) in [6, 6.07) is 4.09. The first kappa shape index (κ1) is 12.1. The molecule has 1 aromatic heterocycles. The maximum Gasteiger partial charge on any atom is 0.339 e. The first-order valence-corrected chi connectivity index (χ1v) is 5.78. The number of carboxylic acids is 1. The lowest BCUT2D eigenvalue weighted by molar-refractivity contribution is 0.0693. The highest BCUT2D eigenvalue weighted by atomic mass is 32.1. The molecule has 1 aromatic carbocycles. The van der Waals surface area contributed by atoms with Gasteiger partial charge in [-0.15, -0.1) is 11.3 Å². The van der Waals surface area contributed by atoms with Crippen molar-refractivity contribution < 1.29 is 19.8 Å². The number of aromatic carboxylic acids is 1. The topological polar surface area (TPSA) is 99.5 Å². The van der Waals surface area contributed by atoms with E-state index in [-0.39, 0.29) is 16.9 Å². The summed E-state index contributed by atoms with van der Waals surface area (Å²) in [6.07, 6.45) is 0. The van der Waals surface area contributed by atoms with Crippen molar-refractivity contribution >= 4 is 28.9 Å². The zero-order chi connectivity index (χ0) is 13.1. The van der Waals surface area contributed by atoms with Gasteiger partial charge in [-0.1, -0.05) is 6.07 Å². The SMILES string of the molecule is O=C(Nc1cccc(C(=O)O)c1O)c1cscn1. The van der Waals surface area contributed by atoms with Crippen LogP contribution in [0.1, 0.15) is 20.8 Å². The molecule has 0 bridgehead atoms. The number of hydrogen-bond donors (Lipinski definition) is 3. The number of carbonyl (C=O) groups is 2. The van der Waals surface area contributed by atoms with Gasteiger partial charge in [0.05, 0.1) is 11.2 Å². The van der Waals surface area contributed by atoms with Gasteiger partial charge in [-0.3, -0.25) is 4.79 Å². The number of hydrogen-bond acceptors (Lipinski definition) is 5. The van der Waals surface area contributed by atoms with Crippen molar-refractivity contribution in [2.24, 2.45) is 0 Å². The maximum absolute atomic E-state index is 11.7. The van der Waals surface area contributed by atoms with E-state index in [2.05, 4.69) is 10.3 Å². The van der Waals surface area contributed by atoms with Crippen LogP contribution in [0.3, 0.4) is 0 Å². The van der Waals surface area contributed by atoms with Gasteiger partial charge in [0.2, 0.25) is 0 Å². The second kappa shape index (κ2) is 4.84. The minimum atomic E-state index is -1.27. The molecular formula is C11H8N2O4S. The Kier molecular flexibility index (Phi) is 3.24. The van der Waals surface area contributed by atoms with E-state index in [0.717, 1.165) is 0 Å². The Bertz CT molecular complexity index is 595. The molecule has 0 radical (unpaired) electrons. The van der Waals surface area contributed by atoms with E-state index in [0.29, 0.717) is 0 Å². The largest absolute Gasteiger partial charge is 0.505 e. The van der Waals surface area contributed by atoms with E-state index in [4.69, 9.17) is 5.11 Å². The molecular weight excluding hydrogens is 256 g/mol. The lowest BCUT2D eigenvalue weighted by atomic mass is 10.1. The number of rotatable bonds is 3. The highest BCUT2D eigenvalue weighted by Gasteiger charge is 2.15. The number of nitrogens with one attached hydrogen (secondary N) is 1. The van der Waals surface area contributed by atoms with Crippen LogP contribution in [0, 0.1) is 0 Å². The second-order valence-corrected chi connectivity index (χ2v) is 4.05. The molecule has 0 saturated carbocycles. The molecule has 0 atom stereocenters. The molecule has 3 N–H and O–H groups in total. The fourth-order valence-electron chi connectivity index (χ4n) is 1.33. The van der Waals surface area contributed by atoms with E-state index in [1.807, 2.05) is 0 Å². The summed E-state index contributed by atoms with van der Waals surface area (Å²) in [5.74, 6) is -2.25. The number of carboxylic acid groups (broad SMARTS) is 1. The number of phenols is 1. The number of aromatic hydroxyl groups is 1. The Labute approximate surface area is 106 Å². The lowest BCUT2D eigenvalue weighted by Crippen LogP contribution is -2.13. The van der Waals surface area contributed by atoms with Gasteiger partial charge in [-0.05, 0) is 12.1 Å². The van der Waals surface area contributed by atoms with Gasteiger partial charge in [-0.2, -0.15) is 0 Å². The first-order chi connectivity index (χ1) is 8.59. The summed E-state index contributed by atoms with van der Waals surface area (Å²) in [5.41, 5.74) is 1.47. The predicted molar refractivity (Wildman–Crippen MR) is 65.1 cm³/mol. The Morgan fingerprint density at radius 1 is 1.33 bits per heavy atom. The van der Waals surface area contributed by atoms with E-state index < -0.39 is 17.6 Å². The molecule has 0 fully saturated rings. The molecule has 2 rings (SSSR count). The maximum atomic E-state index is 11.7. The molecule has 1 amide bonds. The Balaban J connectivity index is 2.27. The van der Waals surface area contributed by atoms with Gasteiger partial charge in [0.25, 0.3) is 5.91 Å². The van der Waals surface area contributed by atoms with Crippen LogP contribution in [0.25, 0.3) is 0 Å². The molecule has 6 nitrogen and oxygen atoms in total. The molecule has 2 aromatic rings. The molecule has 0 aliphatic heterocycles. The van der Waals surface area contributed by atoms with Gasteiger partial charge >= 0.3 is 5.97 Å². The summed E-state index contributed by atoms with van der Waals surface area (Å²) in [5, 5.41) is 22.5.